The minimum Gasteiger partial charge on any atom is -0.481 e. The Morgan fingerprint density at radius 2 is 1.60 bits per heavy atom. The molecular weight excluding hydrogens is 262 g/mol. The van der Waals surface area contributed by atoms with Crippen LogP contribution in [0.2, 0.25) is 0 Å². The molecule has 0 aromatic rings. The molecule has 0 unspecified atom stereocenters. The minimum absolute atomic E-state index is 0.0522. The molecule has 0 saturated carbocycles. The van der Waals surface area contributed by atoms with Crippen molar-refractivity contribution in [3.8, 4) is 0 Å². The summed E-state index contributed by atoms with van der Waals surface area (Å²) >= 11 is 0. The van der Waals surface area contributed by atoms with E-state index < -0.39 is 5.97 Å². The number of aliphatic carboxylic acids is 1. The largest absolute Gasteiger partial charge is 0.481 e. The van der Waals surface area contributed by atoms with Gasteiger partial charge in [-0.15, -0.1) is 0 Å². The van der Waals surface area contributed by atoms with E-state index in [1.807, 2.05) is 4.90 Å². The van der Waals surface area contributed by atoms with Crippen molar-refractivity contribution in [1.82, 2.24) is 14.7 Å². The predicted molar refractivity (Wildman–Crippen MR) is 71.0 cm³/mol. The van der Waals surface area contributed by atoms with E-state index in [9.17, 15) is 14.4 Å². The number of hydrogen-bond donors (Lipinski definition) is 1. The highest BCUT2D eigenvalue weighted by molar-refractivity contribution is 5.79. The summed E-state index contributed by atoms with van der Waals surface area (Å²) in [5.41, 5.74) is 0. The van der Waals surface area contributed by atoms with Crippen LogP contribution in [0, 0.1) is 5.92 Å². The lowest BCUT2D eigenvalue weighted by Gasteiger charge is -2.40. The van der Waals surface area contributed by atoms with E-state index >= 15 is 0 Å². The average Bonchev–Trinajstić information content (AvgIpc) is 2.35. The molecule has 112 valence electrons. The first-order chi connectivity index (χ1) is 9.45. The molecule has 2 heterocycles. The SMILES string of the molecule is CC(=O)N1CCN(C(=O)CN2CC(CC(=O)O)C2)CC1. The number of carbonyl (C=O) groups excluding carboxylic acids is 2. The molecule has 2 fully saturated rings. The molecule has 0 radical (unpaired) electrons. The fourth-order valence-electron chi connectivity index (χ4n) is 2.74. The smallest absolute Gasteiger partial charge is 0.303 e. The predicted octanol–water partition coefficient (Wildman–Crippen LogP) is -0.916. The van der Waals surface area contributed by atoms with E-state index in [0.29, 0.717) is 45.8 Å². The van der Waals surface area contributed by atoms with Crippen LogP contribution in [-0.2, 0) is 14.4 Å². The zero-order valence-electron chi connectivity index (χ0n) is 11.7. The number of likely N-dealkylation sites (tertiary alicyclic amines) is 1. The lowest BCUT2D eigenvalue weighted by Crippen LogP contribution is -2.55. The van der Waals surface area contributed by atoms with Gasteiger partial charge in [0.2, 0.25) is 11.8 Å². The summed E-state index contributed by atoms with van der Waals surface area (Å²) in [5, 5.41) is 8.66. The lowest BCUT2D eigenvalue weighted by molar-refractivity contribution is -0.142. The fraction of sp³-hybridized carbons (Fsp3) is 0.769. The zero-order valence-corrected chi connectivity index (χ0v) is 11.7. The van der Waals surface area contributed by atoms with Gasteiger partial charge >= 0.3 is 5.97 Å². The summed E-state index contributed by atoms with van der Waals surface area (Å²) in [7, 11) is 0. The highest BCUT2D eigenvalue weighted by Gasteiger charge is 2.31. The molecular formula is C13H21N3O4. The van der Waals surface area contributed by atoms with Gasteiger partial charge < -0.3 is 14.9 Å². The first-order valence-electron chi connectivity index (χ1n) is 6.93. The fourth-order valence-corrected chi connectivity index (χ4v) is 2.74. The Labute approximate surface area is 118 Å². The molecule has 7 nitrogen and oxygen atoms in total. The van der Waals surface area contributed by atoms with E-state index in [0.717, 1.165) is 0 Å². The van der Waals surface area contributed by atoms with Crippen molar-refractivity contribution in [3.05, 3.63) is 0 Å². The second kappa shape index (κ2) is 6.21. The van der Waals surface area contributed by atoms with Crippen LogP contribution < -0.4 is 0 Å². The maximum Gasteiger partial charge on any atom is 0.303 e. The Kier molecular flexibility index (Phi) is 4.59. The van der Waals surface area contributed by atoms with Crippen molar-refractivity contribution >= 4 is 17.8 Å². The first kappa shape index (κ1) is 14.8. The molecule has 2 rings (SSSR count). The summed E-state index contributed by atoms with van der Waals surface area (Å²) in [4.78, 5) is 39.3. The van der Waals surface area contributed by atoms with E-state index in [-0.39, 0.29) is 24.2 Å². The maximum absolute atomic E-state index is 12.1. The summed E-state index contributed by atoms with van der Waals surface area (Å²) in [6.07, 6.45) is 0.183. The van der Waals surface area contributed by atoms with Crippen molar-refractivity contribution in [3.63, 3.8) is 0 Å². The third-order valence-corrected chi connectivity index (χ3v) is 3.93. The van der Waals surface area contributed by atoms with Gasteiger partial charge in [-0.1, -0.05) is 0 Å². The summed E-state index contributed by atoms with van der Waals surface area (Å²) in [5.74, 6) is -0.477. The standard InChI is InChI=1S/C13H21N3O4/c1-10(17)15-2-4-16(5-3-15)12(18)9-14-7-11(8-14)6-13(19)20/h11H,2-9H2,1H3,(H,19,20). The van der Waals surface area contributed by atoms with Crippen molar-refractivity contribution in [2.45, 2.75) is 13.3 Å². The molecule has 0 aromatic heterocycles. The molecule has 0 aromatic carbocycles. The van der Waals surface area contributed by atoms with Crippen molar-refractivity contribution in [1.29, 1.82) is 0 Å². The molecule has 0 aliphatic carbocycles. The molecule has 0 spiro atoms. The van der Waals surface area contributed by atoms with Crippen LogP contribution in [0.5, 0.6) is 0 Å². The van der Waals surface area contributed by atoms with Crippen LogP contribution >= 0.6 is 0 Å². The molecule has 0 bridgehead atoms. The molecule has 1 N–H and O–H groups in total. The topological polar surface area (TPSA) is 81.2 Å². The Balaban J connectivity index is 1.67. The number of nitrogens with zero attached hydrogens (tertiary/aromatic N) is 3. The van der Waals surface area contributed by atoms with E-state index in [1.54, 1.807) is 16.7 Å². The second-order valence-electron chi connectivity index (χ2n) is 5.54. The van der Waals surface area contributed by atoms with Gasteiger partial charge in [0.15, 0.2) is 0 Å². The van der Waals surface area contributed by atoms with E-state index in [1.165, 1.54) is 0 Å². The van der Waals surface area contributed by atoms with Gasteiger partial charge in [0.05, 0.1) is 13.0 Å². The summed E-state index contributed by atoms with van der Waals surface area (Å²) in [6.45, 7) is 5.65. The van der Waals surface area contributed by atoms with Crippen molar-refractivity contribution < 1.29 is 19.5 Å². The van der Waals surface area contributed by atoms with Crippen LogP contribution in [0.1, 0.15) is 13.3 Å². The number of hydrogen-bond acceptors (Lipinski definition) is 4. The van der Waals surface area contributed by atoms with E-state index in [4.69, 9.17) is 5.11 Å². The Hall–Kier alpha value is -1.63. The van der Waals surface area contributed by atoms with Gasteiger partial charge in [-0.3, -0.25) is 19.3 Å². The van der Waals surface area contributed by atoms with Crippen LogP contribution in [-0.4, -0.2) is 83.4 Å². The number of rotatable bonds is 4. The average molecular weight is 283 g/mol. The molecule has 2 amide bonds. The third kappa shape index (κ3) is 3.69. The molecule has 2 aliphatic heterocycles. The van der Waals surface area contributed by atoms with Gasteiger partial charge in [-0.05, 0) is 5.92 Å². The molecule has 7 heteroatoms. The molecule has 2 aliphatic rings. The molecule has 0 atom stereocenters. The van der Waals surface area contributed by atoms with Gasteiger partial charge in [0.1, 0.15) is 0 Å². The quantitative estimate of drug-likeness (QED) is 0.722. The van der Waals surface area contributed by atoms with Crippen molar-refractivity contribution in [2.24, 2.45) is 5.92 Å². The normalized spacial score (nSPS) is 20.6. The highest BCUT2D eigenvalue weighted by atomic mass is 16.4. The van der Waals surface area contributed by atoms with Crippen LogP contribution in [0.3, 0.4) is 0 Å². The zero-order chi connectivity index (χ0) is 14.7. The molecule has 20 heavy (non-hydrogen) atoms. The number of carboxylic acids is 1. The maximum atomic E-state index is 12.1. The highest BCUT2D eigenvalue weighted by Crippen LogP contribution is 2.18. The summed E-state index contributed by atoms with van der Waals surface area (Å²) in [6, 6.07) is 0. The lowest BCUT2D eigenvalue weighted by atomic mass is 9.96. The van der Waals surface area contributed by atoms with E-state index in [2.05, 4.69) is 0 Å². The number of piperazine rings is 1. The Morgan fingerprint density at radius 3 is 2.10 bits per heavy atom. The van der Waals surface area contributed by atoms with Crippen LogP contribution in [0.25, 0.3) is 0 Å². The van der Waals surface area contributed by atoms with Gasteiger partial charge in [-0.2, -0.15) is 0 Å². The van der Waals surface area contributed by atoms with Crippen LogP contribution in [0.4, 0.5) is 0 Å². The third-order valence-electron chi connectivity index (χ3n) is 3.93. The summed E-state index contributed by atoms with van der Waals surface area (Å²) < 4.78 is 0. The number of carboxylic acid groups (broad SMARTS) is 1. The second-order valence-corrected chi connectivity index (χ2v) is 5.54. The van der Waals surface area contributed by atoms with Gasteiger partial charge in [-0.25, -0.2) is 0 Å². The van der Waals surface area contributed by atoms with Gasteiger partial charge in [0, 0.05) is 46.2 Å². The Morgan fingerprint density at radius 1 is 1.05 bits per heavy atom. The monoisotopic (exact) mass is 283 g/mol. The van der Waals surface area contributed by atoms with Crippen molar-refractivity contribution in [2.75, 3.05) is 45.8 Å². The first-order valence-corrected chi connectivity index (χ1v) is 6.93. The number of amides is 2. The van der Waals surface area contributed by atoms with Crippen LogP contribution in [0.15, 0.2) is 0 Å². The molecule has 2 saturated heterocycles. The van der Waals surface area contributed by atoms with Gasteiger partial charge in [0.25, 0.3) is 0 Å². The Bertz CT molecular complexity index is 398. The number of carbonyl (C=O) groups is 3. The minimum atomic E-state index is -0.777.